The van der Waals surface area contributed by atoms with Gasteiger partial charge in [-0.3, -0.25) is 4.99 Å². The van der Waals surface area contributed by atoms with Gasteiger partial charge in [0.25, 0.3) is 0 Å². The van der Waals surface area contributed by atoms with Gasteiger partial charge in [-0.05, 0) is 29.0 Å². The van der Waals surface area contributed by atoms with Crippen molar-refractivity contribution in [2.75, 3.05) is 0 Å². The molecule has 0 aliphatic rings. The summed E-state index contributed by atoms with van der Waals surface area (Å²) in [5.41, 5.74) is 1.87. The molecule has 0 atom stereocenters. The lowest BCUT2D eigenvalue weighted by molar-refractivity contribution is 0.0697. The Morgan fingerprint density at radius 1 is 0.952 bits per heavy atom. The third-order valence-corrected chi connectivity index (χ3v) is 3.27. The van der Waals surface area contributed by atoms with E-state index in [1.54, 1.807) is 30.5 Å². The Balaban J connectivity index is 1.98. The van der Waals surface area contributed by atoms with Crippen LogP contribution in [-0.2, 0) is 0 Å². The fourth-order valence-corrected chi connectivity index (χ4v) is 2.23. The van der Waals surface area contributed by atoms with E-state index in [0.29, 0.717) is 5.69 Å². The van der Waals surface area contributed by atoms with Crippen LogP contribution in [-0.4, -0.2) is 17.3 Å². The fraction of sp³-hybridized carbons (Fsp3) is 0. The average Bonchev–Trinajstić information content (AvgIpc) is 2.53. The number of fused-ring (bicyclic) bond motifs is 1. The smallest absolute Gasteiger partial charge is 0.335 e. The van der Waals surface area contributed by atoms with E-state index < -0.39 is 5.97 Å². The predicted molar refractivity (Wildman–Crippen MR) is 84.6 cm³/mol. The van der Waals surface area contributed by atoms with E-state index in [1.165, 1.54) is 0 Å². The Labute approximate surface area is 122 Å². The standard InChI is InChI=1S/C18H13NO2/c20-18(21)14-7-4-9-16(11-14)19-12-15-8-3-6-13-5-1-2-10-17(13)15/h1-12H,(H,20,21). The van der Waals surface area contributed by atoms with Crippen LogP contribution in [0.2, 0.25) is 0 Å². The van der Waals surface area contributed by atoms with Crippen LogP contribution in [0.25, 0.3) is 10.8 Å². The van der Waals surface area contributed by atoms with Gasteiger partial charge in [0.05, 0.1) is 11.3 Å². The molecule has 0 amide bonds. The van der Waals surface area contributed by atoms with Gasteiger partial charge >= 0.3 is 5.97 Å². The molecule has 3 nitrogen and oxygen atoms in total. The molecule has 0 saturated carbocycles. The van der Waals surface area contributed by atoms with E-state index in [2.05, 4.69) is 17.1 Å². The van der Waals surface area contributed by atoms with Crippen LogP contribution in [0.15, 0.2) is 71.7 Å². The number of benzene rings is 3. The van der Waals surface area contributed by atoms with E-state index in [0.717, 1.165) is 16.3 Å². The molecular formula is C18H13NO2. The van der Waals surface area contributed by atoms with Gasteiger partial charge in [0.15, 0.2) is 0 Å². The number of rotatable bonds is 3. The molecule has 0 aromatic heterocycles. The van der Waals surface area contributed by atoms with Crippen molar-refractivity contribution in [3.8, 4) is 0 Å². The lowest BCUT2D eigenvalue weighted by Crippen LogP contribution is -1.94. The highest BCUT2D eigenvalue weighted by Gasteiger charge is 2.02. The minimum atomic E-state index is -0.947. The Morgan fingerprint density at radius 2 is 1.71 bits per heavy atom. The second-order valence-corrected chi connectivity index (χ2v) is 4.68. The third-order valence-electron chi connectivity index (χ3n) is 3.27. The lowest BCUT2D eigenvalue weighted by atomic mass is 10.1. The van der Waals surface area contributed by atoms with E-state index in [1.807, 2.05) is 30.3 Å². The summed E-state index contributed by atoms with van der Waals surface area (Å²) in [6.07, 6.45) is 1.77. The van der Waals surface area contributed by atoms with Crippen LogP contribution in [0.5, 0.6) is 0 Å². The van der Waals surface area contributed by atoms with Gasteiger partial charge in [0.1, 0.15) is 0 Å². The fourth-order valence-electron chi connectivity index (χ4n) is 2.23. The summed E-state index contributed by atoms with van der Waals surface area (Å²) in [5.74, 6) is -0.947. The second kappa shape index (κ2) is 5.59. The number of aromatic carboxylic acids is 1. The Bertz CT molecular complexity index is 832. The van der Waals surface area contributed by atoms with E-state index >= 15 is 0 Å². The van der Waals surface area contributed by atoms with Gasteiger partial charge in [-0.25, -0.2) is 4.79 Å². The number of hydrogen-bond donors (Lipinski definition) is 1. The first-order valence-corrected chi connectivity index (χ1v) is 6.59. The van der Waals surface area contributed by atoms with Gasteiger partial charge < -0.3 is 5.11 Å². The Morgan fingerprint density at radius 3 is 2.57 bits per heavy atom. The number of carboxylic acid groups (broad SMARTS) is 1. The zero-order valence-corrected chi connectivity index (χ0v) is 11.2. The van der Waals surface area contributed by atoms with Crippen LogP contribution in [0.1, 0.15) is 15.9 Å². The SMILES string of the molecule is O=C(O)c1cccc(N=Cc2cccc3ccccc23)c1. The van der Waals surface area contributed by atoms with Crippen LogP contribution in [0.3, 0.4) is 0 Å². The van der Waals surface area contributed by atoms with Gasteiger partial charge in [-0.15, -0.1) is 0 Å². The van der Waals surface area contributed by atoms with Crippen molar-refractivity contribution in [3.63, 3.8) is 0 Å². The summed E-state index contributed by atoms with van der Waals surface area (Å²) in [6, 6.07) is 20.7. The first-order valence-electron chi connectivity index (χ1n) is 6.59. The zero-order valence-electron chi connectivity index (χ0n) is 11.2. The molecule has 0 saturated heterocycles. The monoisotopic (exact) mass is 275 g/mol. The lowest BCUT2D eigenvalue weighted by Gasteiger charge is -2.01. The summed E-state index contributed by atoms with van der Waals surface area (Å²) in [7, 11) is 0. The maximum absolute atomic E-state index is 11.0. The number of nitrogens with zero attached hydrogens (tertiary/aromatic N) is 1. The minimum absolute atomic E-state index is 0.238. The van der Waals surface area contributed by atoms with Crippen LogP contribution in [0.4, 0.5) is 5.69 Å². The molecule has 0 spiro atoms. The van der Waals surface area contributed by atoms with Crippen LogP contribution in [0, 0.1) is 0 Å². The maximum atomic E-state index is 11.0. The topological polar surface area (TPSA) is 49.7 Å². The summed E-state index contributed by atoms with van der Waals surface area (Å²) in [5, 5.41) is 11.3. The predicted octanol–water partition coefficient (Wildman–Crippen LogP) is 4.29. The van der Waals surface area contributed by atoms with E-state index in [9.17, 15) is 4.79 Å². The van der Waals surface area contributed by atoms with Crippen molar-refractivity contribution < 1.29 is 9.90 Å². The van der Waals surface area contributed by atoms with Crippen LogP contribution >= 0.6 is 0 Å². The van der Waals surface area contributed by atoms with Crippen molar-refractivity contribution in [3.05, 3.63) is 77.9 Å². The summed E-state index contributed by atoms with van der Waals surface area (Å²) < 4.78 is 0. The summed E-state index contributed by atoms with van der Waals surface area (Å²) in [6.45, 7) is 0. The third kappa shape index (κ3) is 2.82. The van der Waals surface area contributed by atoms with Crippen molar-refractivity contribution in [2.45, 2.75) is 0 Å². The Hall–Kier alpha value is -2.94. The molecule has 3 aromatic rings. The molecule has 0 heterocycles. The molecule has 102 valence electrons. The minimum Gasteiger partial charge on any atom is -0.478 e. The number of carbonyl (C=O) groups is 1. The molecule has 0 bridgehead atoms. The highest BCUT2D eigenvalue weighted by molar-refractivity contribution is 6.00. The normalized spacial score (nSPS) is 11.0. The van der Waals surface area contributed by atoms with Crippen LogP contribution < -0.4 is 0 Å². The van der Waals surface area contributed by atoms with Gasteiger partial charge in [0.2, 0.25) is 0 Å². The molecule has 0 aliphatic heterocycles. The van der Waals surface area contributed by atoms with Gasteiger partial charge in [0, 0.05) is 11.8 Å². The number of hydrogen-bond acceptors (Lipinski definition) is 2. The maximum Gasteiger partial charge on any atom is 0.335 e. The van der Waals surface area contributed by atoms with Gasteiger partial charge in [-0.1, -0.05) is 48.5 Å². The molecule has 21 heavy (non-hydrogen) atoms. The zero-order chi connectivity index (χ0) is 14.7. The molecular weight excluding hydrogens is 262 g/mol. The molecule has 3 heteroatoms. The van der Waals surface area contributed by atoms with E-state index in [4.69, 9.17) is 5.11 Å². The average molecular weight is 275 g/mol. The van der Waals surface area contributed by atoms with Crippen molar-refractivity contribution in [1.29, 1.82) is 0 Å². The molecule has 0 fully saturated rings. The van der Waals surface area contributed by atoms with Crippen molar-refractivity contribution in [2.24, 2.45) is 4.99 Å². The molecule has 1 N–H and O–H groups in total. The molecule has 0 radical (unpaired) electrons. The Kier molecular flexibility index (Phi) is 3.48. The molecule has 3 rings (SSSR count). The molecule has 0 unspecified atom stereocenters. The highest BCUT2D eigenvalue weighted by Crippen LogP contribution is 2.19. The first-order chi connectivity index (χ1) is 10.2. The first kappa shape index (κ1) is 13.1. The van der Waals surface area contributed by atoms with Crippen molar-refractivity contribution >= 4 is 28.6 Å². The van der Waals surface area contributed by atoms with E-state index in [-0.39, 0.29) is 5.56 Å². The second-order valence-electron chi connectivity index (χ2n) is 4.68. The number of aliphatic imine (C=N–C) groups is 1. The summed E-state index contributed by atoms with van der Waals surface area (Å²) >= 11 is 0. The summed E-state index contributed by atoms with van der Waals surface area (Å²) in [4.78, 5) is 15.3. The molecule has 0 aliphatic carbocycles. The number of carboxylic acids is 1. The quantitative estimate of drug-likeness (QED) is 0.725. The van der Waals surface area contributed by atoms with Gasteiger partial charge in [-0.2, -0.15) is 0 Å². The highest BCUT2D eigenvalue weighted by atomic mass is 16.4. The molecule has 3 aromatic carbocycles. The van der Waals surface area contributed by atoms with Crippen molar-refractivity contribution in [1.82, 2.24) is 0 Å². The largest absolute Gasteiger partial charge is 0.478 e.